The predicted octanol–water partition coefficient (Wildman–Crippen LogP) is 3.84. The molecule has 0 radical (unpaired) electrons. The lowest BCUT2D eigenvalue weighted by Crippen LogP contribution is -2.44. The maximum absolute atomic E-state index is 3.84. The summed E-state index contributed by atoms with van der Waals surface area (Å²) in [5, 5.41) is 3.56. The van der Waals surface area contributed by atoms with Crippen LogP contribution in [-0.2, 0) is 0 Å². The standard InChI is InChI=1S/C14H25N/c1-5-9-12-14(10-6-2,11-7-3)15-13-8-4/h6-8,15H,2-5,9-13H2,1H3. The molecule has 0 unspecified atom stereocenters. The van der Waals surface area contributed by atoms with Gasteiger partial charge in [-0.25, -0.2) is 0 Å². The molecule has 0 aromatic rings. The van der Waals surface area contributed by atoms with Crippen LogP contribution in [0.3, 0.4) is 0 Å². The first-order chi connectivity index (χ1) is 7.24. The van der Waals surface area contributed by atoms with Crippen molar-refractivity contribution in [3.05, 3.63) is 38.0 Å². The normalized spacial score (nSPS) is 11.0. The van der Waals surface area contributed by atoms with Crippen LogP contribution >= 0.6 is 0 Å². The van der Waals surface area contributed by atoms with E-state index < -0.39 is 0 Å². The summed E-state index contributed by atoms with van der Waals surface area (Å²) in [6.45, 7) is 14.5. The second kappa shape index (κ2) is 8.49. The monoisotopic (exact) mass is 207 g/mol. The van der Waals surface area contributed by atoms with Crippen molar-refractivity contribution in [3.8, 4) is 0 Å². The molecule has 0 aromatic carbocycles. The topological polar surface area (TPSA) is 12.0 Å². The van der Waals surface area contributed by atoms with Gasteiger partial charge in [-0.3, -0.25) is 0 Å². The minimum absolute atomic E-state index is 0.147. The van der Waals surface area contributed by atoms with Crippen LogP contribution in [0.15, 0.2) is 38.0 Å². The molecule has 0 bridgehead atoms. The van der Waals surface area contributed by atoms with E-state index in [1.54, 1.807) is 0 Å². The van der Waals surface area contributed by atoms with Crippen LogP contribution in [-0.4, -0.2) is 12.1 Å². The molecule has 0 saturated carbocycles. The summed E-state index contributed by atoms with van der Waals surface area (Å²) in [7, 11) is 0. The lowest BCUT2D eigenvalue weighted by atomic mass is 9.85. The van der Waals surface area contributed by atoms with Crippen LogP contribution in [0.25, 0.3) is 0 Å². The van der Waals surface area contributed by atoms with Crippen molar-refractivity contribution in [1.82, 2.24) is 5.32 Å². The van der Waals surface area contributed by atoms with Crippen LogP contribution in [0, 0.1) is 0 Å². The van der Waals surface area contributed by atoms with Crippen molar-refractivity contribution in [2.45, 2.75) is 44.6 Å². The Morgan fingerprint density at radius 3 is 2.07 bits per heavy atom. The molecule has 0 fully saturated rings. The second-order valence-electron chi connectivity index (χ2n) is 4.04. The fourth-order valence-electron chi connectivity index (χ4n) is 1.88. The van der Waals surface area contributed by atoms with Crippen LogP contribution in [0.2, 0.25) is 0 Å². The van der Waals surface area contributed by atoms with E-state index in [0.717, 1.165) is 19.4 Å². The first-order valence-electron chi connectivity index (χ1n) is 5.82. The summed E-state index contributed by atoms with van der Waals surface area (Å²) < 4.78 is 0. The molecule has 15 heavy (non-hydrogen) atoms. The van der Waals surface area contributed by atoms with Gasteiger partial charge >= 0.3 is 0 Å². The molecule has 86 valence electrons. The average molecular weight is 207 g/mol. The first-order valence-corrected chi connectivity index (χ1v) is 5.82. The van der Waals surface area contributed by atoms with Crippen LogP contribution in [0.5, 0.6) is 0 Å². The number of unbranched alkanes of at least 4 members (excludes halogenated alkanes) is 1. The minimum Gasteiger partial charge on any atom is -0.307 e. The minimum atomic E-state index is 0.147. The maximum Gasteiger partial charge on any atom is 0.0253 e. The highest BCUT2D eigenvalue weighted by Gasteiger charge is 2.25. The van der Waals surface area contributed by atoms with Crippen molar-refractivity contribution in [2.24, 2.45) is 0 Å². The van der Waals surface area contributed by atoms with Gasteiger partial charge in [-0.2, -0.15) is 0 Å². The largest absolute Gasteiger partial charge is 0.307 e. The lowest BCUT2D eigenvalue weighted by Gasteiger charge is -2.33. The van der Waals surface area contributed by atoms with E-state index in [0.29, 0.717) is 0 Å². The summed E-state index contributed by atoms with van der Waals surface area (Å²) in [6.07, 6.45) is 11.5. The Morgan fingerprint density at radius 2 is 1.67 bits per heavy atom. The van der Waals surface area contributed by atoms with E-state index in [4.69, 9.17) is 0 Å². The van der Waals surface area contributed by atoms with Crippen molar-refractivity contribution in [2.75, 3.05) is 6.54 Å². The quantitative estimate of drug-likeness (QED) is 0.537. The Bertz CT molecular complexity index is 184. The van der Waals surface area contributed by atoms with Crippen LogP contribution in [0.1, 0.15) is 39.0 Å². The SMILES string of the molecule is C=CCNC(CC=C)(CC=C)CCCC. The third kappa shape index (κ3) is 5.58. The van der Waals surface area contributed by atoms with Gasteiger partial charge in [0.05, 0.1) is 0 Å². The number of rotatable bonds is 10. The smallest absolute Gasteiger partial charge is 0.0253 e. The van der Waals surface area contributed by atoms with Crippen molar-refractivity contribution < 1.29 is 0 Å². The zero-order chi connectivity index (χ0) is 11.6. The third-order valence-electron chi connectivity index (χ3n) is 2.70. The van der Waals surface area contributed by atoms with Crippen LogP contribution in [0.4, 0.5) is 0 Å². The Hall–Kier alpha value is -0.820. The average Bonchev–Trinajstić information content (AvgIpc) is 2.24. The van der Waals surface area contributed by atoms with Gasteiger partial charge in [0.15, 0.2) is 0 Å². The van der Waals surface area contributed by atoms with E-state index in [-0.39, 0.29) is 5.54 Å². The van der Waals surface area contributed by atoms with Gasteiger partial charge in [0.1, 0.15) is 0 Å². The molecule has 0 saturated heterocycles. The summed E-state index contributed by atoms with van der Waals surface area (Å²) in [5.74, 6) is 0. The molecule has 0 aliphatic carbocycles. The molecule has 1 nitrogen and oxygen atoms in total. The fourth-order valence-corrected chi connectivity index (χ4v) is 1.88. The van der Waals surface area contributed by atoms with Crippen molar-refractivity contribution in [3.63, 3.8) is 0 Å². The maximum atomic E-state index is 3.84. The molecule has 0 aliphatic rings. The zero-order valence-electron chi connectivity index (χ0n) is 10.1. The Balaban J connectivity index is 4.45. The molecular weight excluding hydrogens is 182 g/mol. The summed E-state index contributed by atoms with van der Waals surface area (Å²) in [5.41, 5.74) is 0.147. The molecule has 0 atom stereocenters. The van der Waals surface area contributed by atoms with Crippen molar-refractivity contribution in [1.29, 1.82) is 0 Å². The van der Waals surface area contributed by atoms with E-state index in [9.17, 15) is 0 Å². The molecular formula is C14H25N. The van der Waals surface area contributed by atoms with E-state index >= 15 is 0 Å². The number of nitrogens with one attached hydrogen (secondary N) is 1. The fraction of sp³-hybridized carbons (Fsp3) is 0.571. The van der Waals surface area contributed by atoms with Crippen molar-refractivity contribution >= 4 is 0 Å². The number of hydrogen-bond acceptors (Lipinski definition) is 1. The molecule has 0 heterocycles. The van der Waals surface area contributed by atoms with Gasteiger partial charge in [0.25, 0.3) is 0 Å². The van der Waals surface area contributed by atoms with Gasteiger partial charge in [0.2, 0.25) is 0 Å². The predicted molar refractivity (Wildman–Crippen MR) is 70.1 cm³/mol. The summed E-state index contributed by atoms with van der Waals surface area (Å²) in [4.78, 5) is 0. The highest BCUT2D eigenvalue weighted by Crippen LogP contribution is 2.23. The van der Waals surface area contributed by atoms with Gasteiger partial charge in [-0.05, 0) is 19.3 Å². The molecule has 0 aliphatic heterocycles. The van der Waals surface area contributed by atoms with Gasteiger partial charge in [0, 0.05) is 12.1 Å². The molecule has 0 rings (SSSR count). The van der Waals surface area contributed by atoms with Gasteiger partial charge in [-0.1, -0.05) is 38.0 Å². The van der Waals surface area contributed by atoms with Gasteiger partial charge in [-0.15, -0.1) is 19.7 Å². The molecule has 0 amide bonds. The first kappa shape index (κ1) is 14.2. The Morgan fingerprint density at radius 1 is 1.07 bits per heavy atom. The summed E-state index contributed by atoms with van der Waals surface area (Å²) >= 11 is 0. The molecule has 1 heteroatoms. The zero-order valence-corrected chi connectivity index (χ0v) is 10.1. The highest BCUT2D eigenvalue weighted by molar-refractivity contribution is 4.99. The molecule has 0 aromatic heterocycles. The van der Waals surface area contributed by atoms with Crippen LogP contribution < -0.4 is 5.32 Å². The molecule has 0 spiro atoms. The second-order valence-corrected chi connectivity index (χ2v) is 4.04. The Kier molecular flexibility index (Phi) is 8.02. The van der Waals surface area contributed by atoms with E-state index in [1.165, 1.54) is 19.3 Å². The van der Waals surface area contributed by atoms with E-state index in [1.807, 2.05) is 18.2 Å². The lowest BCUT2D eigenvalue weighted by molar-refractivity contribution is 0.309. The van der Waals surface area contributed by atoms with E-state index in [2.05, 4.69) is 32.0 Å². The highest BCUT2D eigenvalue weighted by atomic mass is 15.0. The number of hydrogen-bond donors (Lipinski definition) is 1. The third-order valence-corrected chi connectivity index (χ3v) is 2.70. The van der Waals surface area contributed by atoms with Gasteiger partial charge < -0.3 is 5.32 Å². The molecule has 1 N–H and O–H groups in total. The Labute approximate surface area is 95.0 Å². The summed E-state index contributed by atoms with van der Waals surface area (Å²) in [6, 6.07) is 0.